The summed E-state index contributed by atoms with van der Waals surface area (Å²) in [6.07, 6.45) is 24.9. The summed E-state index contributed by atoms with van der Waals surface area (Å²) in [6, 6.07) is 0. The summed E-state index contributed by atoms with van der Waals surface area (Å²) in [4.78, 5) is 10.4. The molecule has 3 nitrogen and oxygen atoms in total. The summed E-state index contributed by atoms with van der Waals surface area (Å²) in [7, 11) is 0. The van der Waals surface area contributed by atoms with E-state index in [0.29, 0.717) is 0 Å². The Morgan fingerprint density at radius 3 is 1.30 bits per heavy atom. The van der Waals surface area contributed by atoms with Crippen LogP contribution in [0.3, 0.4) is 0 Å². The second-order valence-corrected chi connectivity index (χ2v) is 8.39. The van der Waals surface area contributed by atoms with Crippen LogP contribution in [-0.4, -0.2) is 22.3 Å². The molecule has 3 heteroatoms. The van der Waals surface area contributed by atoms with Crippen molar-refractivity contribution in [3.8, 4) is 0 Å². The van der Waals surface area contributed by atoms with Crippen LogP contribution >= 0.6 is 0 Å². The quantitative estimate of drug-likeness (QED) is 0.188. The van der Waals surface area contributed by atoms with Gasteiger partial charge in [-0.2, -0.15) is 0 Å². The highest BCUT2D eigenvalue weighted by molar-refractivity contribution is 5.66. The summed E-state index contributed by atoms with van der Waals surface area (Å²) in [5.41, 5.74) is 0. The first kappa shape index (κ1) is 26.4. The van der Waals surface area contributed by atoms with Crippen molar-refractivity contribution in [2.75, 3.05) is 0 Å². The highest BCUT2D eigenvalue weighted by atomic mass is 16.4. The number of carbonyl (C=O) groups is 1. The topological polar surface area (TPSA) is 57.5 Å². The smallest absolute Gasteiger partial charge is 0.303 e. The molecule has 2 N–H and O–H groups in total. The van der Waals surface area contributed by atoms with Gasteiger partial charge in [0.1, 0.15) is 0 Å². The van der Waals surface area contributed by atoms with Crippen molar-refractivity contribution < 1.29 is 15.0 Å². The minimum absolute atomic E-state index is 0.151. The van der Waals surface area contributed by atoms with E-state index in [9.17, 15) is 9.90 Å². The molecular formula is C24H48O3. The Hall–Kier alpha value is -0.570. The summed E-state index contributed by atoms with van der Waals surface area (Å²) in [5.74, 6) is -0.701. The summed E-state index contributed by atoms with van der Waals surface area (Å²) < 4.78 is 0. The van der Waals surface area contributed by atoms with Crippen LogP contribution in [0.15, 0.2) is 0 Å². The number of hydrogen-bond donors (Lipinski definition) is 2. The average Bonchev–Trinajstić information content (AvgIpc) is 2.64. The molecule has 0 saturated carbocycles. The molecule has 0 aliphatic rings. The molecule has 0 fully saturated rings. The second kappa shape index (κ2) is 21.7. The molecule has 1 atom stereocenters. The van der Waals surface area contributed by atoms with Crippen LogP contribution in [0.1, 0.15) is 142 Å². The van der Waals surface area contributed by atoms with Gasteiger partial charge < -0.3 is 10.2 Å². The van der Waals surface area contributed by atoms with Gasteiger partial charge >= 0.3 is 5.97 Å². The van der Waals surface area contributed by atoms with Crippen molar-refractivity contribution in [1.82, 2.24) is 0 Å². The molecule has 0 bridgehead atoms. The van der Waals surface area contributed by atoms with E-state index in [1.54, 1.807) is 0 Å². The third-order valence-electron chi connectivity index (χ3n) is 5.57. The molecule has 0 aromatic carbocycles. The third-order valence-corrected chi connectivity index (χ3v) is 5.57. The standard InChI is InChI=1S/C24H48O3/c1-2-3-4-5-6-7-8-9-10-11-12-13-14-17-20-23(25)21-18-15-16-19-22-24(26)27/h23,25H,2-22H2,1H3,(H,26,27). The zero-order valence-electron chi connectivity index (χ0n) is 18.2. The molecule has 0 rings (SSSR count). The molecular weight excluding hydrogens is 336 g/mol. The van der Waals surface area contributed by atoms with Crippen molar-refractivity contribution in [2.45, 2.75) is 148 Å². The number of carboxylic acid groups (broad SMARTS) is 1. The number of unbranched alkanes of at least 4 members (excludes halogenated alkanes) is 16. The van der Waals surface area contributed by atoms with E-state index >= 15 is 0 Å². The lowest BCUT2D eigenvalue weighted by Crippen LogP contribution is -2.06. The Bertz CT molecular complexity index is 304. The van der Waals surface area contributed by atoms with Crippen LogP contribution in [0, 0.1) is 0 Å². The molecule has 0 spiro atoms. The third kappa shape index (κ3) is 23.4. The van der Waals surface area contributed by atoms with E-state index in [1.807, 2.05) is 0 Å². The van der Waals surface area contributed by atoms with Gasteiger partial charge in [-0.3, -0.25) is 4.79 Å². The van der Waals surface area contributed by atoms with Gasteiger partial charge in [0, 0.05) is 6.42 Å². The van der Waals surface area contributed by atoms with Crippen LogP contribution in [0.2, 0.25) is 0 Å². The van der Waals surface area contributed by atoms with E-state index in [-0.39, 0.29) is 12.5 Å². The van der Waals surface area contributed by atoms with E-state index in [1.165, 1.54) is 83.5 Å². The Balaban J connectivity index is 3.13. The molecule has 162 valence electrons. The van der Waals surface area contributed by atoms with E-state index in [0.717, 1.165) is 44.9 Å². The molecule has 0 aromatic rings. The minimum atomic E-state index is -0.701. The number of carboxylic acids is 1. The van der Waals surface area contributed by atoms with Gasteiger partial charge in [0.2, 0.25) is 0 Å². The number of aliphatic carboxylic acids is 1. The molecule has 0 radical (unpaired) electrons. The van der Waals surface area contributed by atoms with Crippen LogP contribution in [-0.2, 0) is 4.79 Å². The monoisotopic (exact) mass is 384 g/mol. The summed E-state index contributed by atoms with van der Waals surface area (Å²) in [6.45, 7) is 2.28. The zero-order valence-corrected chi connectivity index (χ0v) is 18.2. The number of aliphatic hydroxyl groups excluding tert-OH is 1. The fourth-order valence-corrected chi connectivity index (χ4v) is 3.73. The van der Waals surface area contributed by atoms with Gasteiger partial charge in [-0.15, -0.1) is 0 Å². The van der Waals surface area contributed by atoms with Crippen LogP contribution in [0.25, 0.3) is 0 Å². The van der Waals surface area contributed by atoms with Crippen molar-refractivity contribution in [3.63, 3.8) is 0 Å². The Morgan fingerprint density at radius 2 is 0.926 bits per heavy atom. The molecule has 0 aromatic heterocycles. The summed E-state index contributed by atoms with van der Waals surface area (Å²) >= 11 is 0. The summed E-state index contributed by atoms with van der Waals surface area (Å²) in [5, 5.41) is 18.6. The van der Waals surface area contributed by atoms with E-state index < -0.39 is 5.97 Å². The van der Waals surface area contributed by atoms with Crippen LogP contribution < -0.4 is 0 Å². The van der Waals surface area contributed by atoms with Gasteiger partial charge in [-0.1, -0.05) is 116 Å². The normalized spacial score (nSPS) is 12.4. The van der Waals surface area contributed by atoms with Gasteiger partial charge in [-0.25, -0.2) is 0 Å². The van der Waals surface area contributed by atoms with Crippen molar-refractivity contribution in [1.29, 1.82) is 0 Å². The Labute approximate surface area is 169 Å². The maximum atomic E-state index is 10.4. The maximum Gasteiger partial charge on any atom is 0.303 e. The predicted molar refractivity (Wildman–Crippen MR) is 116 cm³/mol. The van der Waals surface area contributed by atoms with Gasteiger partial charge in [-0.05, 0) is 19.3 Å². The SMILES string of the molecule is CCCCCCCCCCCCCCCCC(O)CCCCCCC(=O)O. The number of aliphatic hydroxyl groups is 1. The lowest BCUT2D eigenvalue weighted by atomic mass is 10.0. The maximum absolute atomic E-state index is 10.4. The lowest BCUT2D eigenvalue weighted by molar-refractivity contribution is -0.137. The molecule has 0 saturated heterocycles. The fraction of sp³-hybridized carbons (Fsp3) is 0.958. The largest absolute Gasteiger partial charge is 0.481 e. The van der Waals surface area contributed by atoms with Gasteiger partial charge in [0.25, 0.3) is 0 Å². The van der Waals surface area contributed by atoms with Crippen molar-refractivity contribution in [3.05, 3.63) is 0 Å². The first-order valence-corrected chi connectivity index (χ1v) is 12.1. The lowest BCUT2D eigenvalue weighted by Gasteiger charge is -2.10. The first-order chi connectivity index (χ1) is 13.2. The highest BCUT2D eigenvalue weighted by Gasteiger charge is 2.04. The zero-order chi connectivity index (χ0) is 20.0. The van der Waals surface area contributed by atoms with E-state index in [2.05, 4.69) is 6.92 Å². The Kier molecular flexibility index (Phi) is 21.3. The van der Waals surface area contributed by atoms with E-state index in [4.69, 9.17) is 5.11 Å². The van der Waals surface area contributed by atoms with Crippen LogP contribution in [0.5, 0.6) is 0 Å². The Morgan fingerprint density at radius 1 is 0.593 bits per heavy atom. The molecule has 0 aliphatic heterocycles. The highest BCUT2D eigenvalue weighted by Crippen LogP contribution is 2.15. The molecule has 0 heterocycles. The number of rotatable bonds is 22. The number of hydrogen-bond acceptors (Lipinski definition) is 2. The molecule has 0 amide bonds. The molecule has 27 heavy (non-hydrogen) atoms. The first-order valence-electron chi connectivity index (χ1n) is 12.1. The van der Waals surface area contributed by atoms with Crippen molar-refractivity contribution >= 4 is 5.97 Å². The van der Waals surface area contributed by atoms with Gasteiger partial charge in [0.15, 0.2) is 0 Å². The predicted octanol–water partition coefficient (Wildman–Crippen LogP) is 7.64. The van der Waals surface area contributed by atoms with Crippen molar-refractivity contribution in [2.24, 2.45) is 0 Å². The molecule has 0 aliphatic carbocycles. The average molecular weight is 385 g/mol. The minimum Gasteiger partial charge on any atom is -0.481 e. The molecule has 1 unspecified atom stereocenters. The van der Waals surface area contributed by atoms with Crippen LogP contribution in [0.4, 0.5) is 0 Å². The fourth-order valence-electron chi connectivity index (χ4n) is 3.73. The second-order valence-electron chi connectivity index (χ2n) is 8.39. The van der Waals surface area contributed by atoms with Gasteiger partial charge in [0.05, 0.1) is 6.10 Å².